The predicted molar refractivity (Wildman–Crippen MR) is 115 cm³/mol. The second-order valence-electron chi connectivity index (χ2n) is 8.62. The molecule has 0 amide bonds. The number of para-hydroxylation sites is 1. The summed E-state index contributed by atoms with van der Waals surface area (Å²) >= 11 is 0. The maximum absolute atomic E-state index is 13.1. The second-order valence-corrected chi connectivity index (χ2v) is 8.62. The maximum Gasteiger partial charge on any atom is 0.419 e. The van der Waals surface area contributed by atoms with Gasteiger partial charge in [0, 0.05) is 28.1 Å². The number of rotatable bonds is 2. The van der Waals surface area contributed by atoms with E-state index in [0.29, 0.717) is 6.42 Å². The van der Waals surface area contributed by atoms with Crippen LogP contribution in [0, 0.1) is 6.92 Å². The van der Waals surface area contributed by atoms with Crippen LogP contribution in [0.3, 0.4) is 0 Å². The van der Waals surface area contributed by atoms with Gasteiger partial charge in [-0.2, -0.15) is 0 Å². The van der Waals surface area contributed by atoms with E-state index in [1.165, 1.54) is 5.56 Å². The molecule has 0 bridgehead atoms. The number of fused-ring (bicyclic) bond motifs is 3. The molecule has 0 unspecified atom stereocenters. The van der Waals surface area contributed by atoms with Gasteiger partial charge in [-0.15, -0.1) is 0 Å². The molecule has 0 aliphatic heterocycles. The summed E-state index contributed by atoms with van der Waals surface area (Å²) in [5.74, 6) is -0.0916. The van der Waals surface area contributed by atoms with E-state index in [1.54, 1.807) is 4.57 Å². The Morgan fingerprint density at radius 3 is 2.45 bits per heavy atom. The van der Waals surface area contributed by atoms with Gasteiger partial charge < -0.3 is 4.74 Å². The summed E-state index contributed by atoms with van der Waals surface area (Å²) in [6.45, 7) is 7.63. The highest BCUT2D eigenvalue weighted by atomic mass is 16.6. The van der Waals surface area contributed by atoms with Crippen LogP contribution < -0.4 is 0 Å². The molecule has 0 saturated carbocycles. The Balaban J connectivity index is 1.90. The molecular formula is C25H25NO3. The Hall–Kier alpha value is -3.14. The molecule has 1 aliphatic carbocycles. The van der Waals surface area contributed by atoms with E-state index in [4.69, 9.17) is 4.74 Å². The number of hydrogen-bond acceptors (Lipinski definition) is 3. The molecule has 2 aromatic carbocycles. The first kappa shape index (κ1) is 19.2. The number of allylic oxidation sites excluding steroid dienone is 1. The molecule has 1 heterocycles. The van der Waals surface area contributed by atoms with Crippen LogP contribution in [0.1, 0.15) is 49.1 Å². The molecular weight excluding hydrogens is 362 g/mol. The van der Waals surface area contributed by atoms with Gasteiger partial charge >= 0.3 is 6.09 Å². The largest absolute Gasteiger partial charge is 0.443 e. The van der Waals surface area contributed by atoms with Crippen molar-refractivity contribution in [2.24, 2.45) is 0 Å². The van der Waals surface area contributed by atoms with Gasteiger partial charge in [0.15, 0.2) is 0 Å². The fourth-order valence-electron chi connectivity index (χ4n) is 4.00. The van der Waals surface area contributed by atoms with Crippen LogP contribution in [0.5, 0.6) is 0 Å². The number of benzene rings is 2. The first-order chi connectivity index (χ1) is 13.8. The Morgan fingerprint density at radius 2 is 1.79 bits per heavy atom. The standard InChI is InChI=1S/C25H25NO3/c1-16-9-11-17(12-10-16)20-14-23-21(13-18(20)15-27)19-7-5-6-8-22(19)26(23)24(28)29-25(2,3)4/h5-13,15,20H,14H2,1-4H3/t20-/m1/s1. The van der Waals surface area contributed by atoms with Crippen molar-refractivity contribution >= 4 is 29.4 Å². The van der Waals surface area contributed by atoms with Crippen molar-refractivity contribution in [2.75, 3.05) is 0 Å². The molecule has 1 aliphatic rings. The van der Waals surface area contributed by atoms with E-state index in [-0.39, 0.29) is 12.0 Å². The van der Waals surface area contributed by atoms with Crippen molar-refractivity contribution < 1.29 is 14.3 Å². The van der Waals surface area contributed by atoms with Crippen LogP contribution >= 0.6 is 0 Å². The quantitative estimate of drug-likeness (QED) is 0.534. The average Bonchev–Trinajstić information content (AvgIpc) is 3.00. The highest BCUT2D eigenvalue weighted by molar-refractivity contribution is 6.01. The highest BCUT2D eigenvalue weighted by Crippen LogP contribution is 2.40. The van der Waals surface area contributed by atoms with Crippen LogP contribution in [0.4, 0.5) is 4.79 Å². The molecule has 148 valence electrons. The maximum atomic E-state index is 13.1. The number of aldehydes is 1. The molecule has 29 heavy (non-hydrogen) atoms. The van der Waals surface area contributed by atoms with E-state index in [2.05, 4.69) is 24.3 Å². The monoisotopic (exact) mass is 387 g/mol. The summed E-state index contributed by atoms with van der Waals surface area (Å²) in [4.78, 5) is 25.0. The van der Waals surface area contributed by atoms with Gasteiger partial charge in [0.2, 0.25) is 0 Å². The first-order valence-corrected chi connectivity index (χ1v) is 9.87. The zero-order valence-corrected chi connectivity index (χ0v) is 17.2. The number of carbonyl (C=O) groups excluding carboxylic acids is 2. The van der Waals surface area contributed by atoms with Crippen LogP contribution in [-0.2, 0) is 16.0 Å². The van der Waals surface area contributed by atoms with Crippen molar-refractivity contribution in [3.05, 3.63) is 76.5 Å². The molecule has 0 saturated heterocycles. The summed E-state index contributed by atoms with van der Waals surface area (Å²) in [5, 5.41) is 0.954. The number of aryl methyl sites for hydroxylation is 1. The minimum atomic E-state index is -0.593. The fourth-order valence-corrected chi connectivity index (χ4v) is 4.00. The average molecular weight is 387 g/mol. The summed E-state index contributed by atoms with van der Waals surface area (Å²) in [6.07, 6.45) is 3.05. The molecule has 1 aromatic heterocycles. The smallest absolute Gasteiger partial charge is 0.419 e. The molecule has 3 aromatic rings. The summed E-state index contributed by atoms with van der Waals surface area (Å²) in [5.41, 5.74) is 4.99. The lowest BCUT2D eigenvalue weighted by Crippen LogP contribution is -2.29. The predicted octanol–water partition coefficient (Wildman–Crippen LogP) is 5.66. The Morgan fingerprint density at radius 1 is 1.10 bits per heavy atom. The molecule has 4 nitrogen and oxygen atoms in total. The Labute approximate surface area is 170 Å². The SMILES string of the molecule is Cc1ccc([C@H]2Cc3c(c4ccccc4n3C(=O)OC(C)(C)C)C=C2C=O)cc1. The zero-order chi connectivity index (χ0) is 20.8. The molecule has 0 N–H and O–H groups in total. The Bertz CT molecular complexity index is 1130. The first-order valence-electron chi connectivity index (χ1n) is 9.87. The third-order valence-corrected chi connectivity index (χ3v) is 5.32. The third kappa shape index (κ3) is 3.51. The lowest BCUT2D eigenvalue weighted by Gasteiger charge is -2.25. The summed E-state index contributed by atoms with van der Waals surface area (Å²) < 4.78 is 7.38. The van der Waals surface area contributed by atoms with Gasteiger partial charge in [-0.25, -0.2) is 9.36 Å². The van der Waals surface area contributed by atoms with Crippen LogP contribution in [-0.4, -0.2) is 22.5 Å². The lowest BCUT2D eigenvalue weighted by atomic mass is 9.82. The number of nitrogens with zero attached hydrogens (tertiary/aromatic N) is 1. The van der Waals surface area contributed by atoms with E-state index in [1.807, 2.05) is 58.0 Å². The number of hydrogen-bond donors (Lipinski definition) is 0. The topological polar surface area (TPSA) is 48.3 Å². The molecule has 4 heteroatoms. The number of aromatic nitrogens is 1. The van der Waals surface area contributed by atoms with Gasteiger partial charge in [0.25, 0.3) is 0 Å². The normalized spacial score (nSPS) is 16.3. The van der Waals surface area contributed by atoms with Gasteiger partial charge in [0.1, 0.15) is 11.9 Å². The molecule has 0 spiro atoms. The Kier molecular flexibility index (Phi) is 4.65. The van der Waals surface area contributed by atoms with Crippen LogP contribution in [0.25, 0.3) is 17.0 Å². The number of carbonyl (C=O) groups is 2. The molecule has 1 atom stereocenters. The lowest BCUT2D eigenvalue weighted by molar-refractivity contribution is -0.105. The van der Waals surface area contributed by atoms with Gasteiger partial charge in [-0.1, -0.05) is 48.0 Å². The van der Waals surface area contributed by atoms with Crippen molar-refractivity contribution in [1.29, 1.82) is 0 Å². The zero-order valence-electron chi connectivity index (χ0n) is 17.2. The fraction of sp³-hybridized carbons (Fsp3) is 0.280. The van der Waals surface area contributed by atoms with E-state index < -0.39 is 5.60 Å². The van der Waals surface area contributed by atoms with Crippen molar-refractivity contribution in [3.63, 3.8) is 0 Å². The van der Waals surface area contributed by atoms with E-state index in [9.17, 15) is 9.59 Å². The molecule has 0 radical (unpaired) electrons. The van der Waals surface area contributed by atoms with Crippen molar-refractivity contribution in [1.82, 2.24) is 4.57 Å². The summed E-state index contributed by atoms with van der Waals surface area (Å²) in [7, 11) is 0. The van der Waals surface area contributed by atoms with Crippen LogP contribution in [0.2, 0.25) is 0 Å². The minimum Gasteiger partial charge on any atom is -0.443 e. The van der Waals surface area contributed by atoms with Gasteiger partial charge in [-0.05, 0) is 51.8 Å². The van der Waals surface area contributed by atoms with E-state index in [0.717, 1.165) is 39.6 Å². The highest BCUT2D eigenvalue weighted by Gasteiger charge is 2.31. The summed E-state index contributed by atoms with van der Waals surface area (Å²) in [6, 6.07) is 16.0. The van der Waals surface area contributed by atoms with Crippen LogP contribution in [0.15, 0.2) is 54.1 Å². The van der Waals surface area contributed by atoms with Crippen molar-refractivity contribution in [2.45, 2.75) is 45.6 Å². The van der Waals surface area contributed by atoms with Gasteiger partial charge in [-0.3, -0.25) is 4.79 Å². The minimum absolute atomic E-state index is 0.0916. The van der Waals surface area contributed by atoms with Gasteiger partial charge in [0.05, 0.1) is 5.52 Å². The third-order valence-electron chi connectivity index (χ3n) is 5.32. The van der Waals surface area contributed by atoms with Crippen molar-refractivity contribution in [3.8, 4) is 0 Å². The second kappa shape index (κ2) is 7.03. The molecule has 4 rings (SSSR count). The number of ether oxygens (including phenoxy) is 1. The van der Waals surface area contributed by atoms with E-state index >= 15 is 0 Å². The molecule has 0 fully saturated rings.